The molecule has 0 unspecified atom stereocenters. The third-order valence-electron chi connectivity index (χ3n) is 4.85. The molecule has 0 aromatic heterocycles. The van der Waals surface area contributed by atoms with Crippen molar-refractivity contribution in [3.8, 4) is 11.5 Å². The molecule has 2 aromatic rings. The van der Waals surface area contributed by atoms with Crippen LogP contribution in [0.1, 0.15) is 44.0 Å². The summed E-state index contributed by atoms with van der Waals surface area (Å²) in [5.74, 6) is 1.68. The van der Waals surface area contributed by atoms with E-state index in [1.165, 1.54) is 0 Å². The van der Waals surface area contributed by atoms with Crippen LogP contribution in [-0.2, 0) is 4.79 Å². The Morgan fingerprint density at radius 3 is 2.32 bits per heavy atom. The number of carbonyl (C=O) groups is 1. The standard InChI is InChI=1S/C22H27ClN2O3/c1-14(2)22(17-6-9-19-20(12-17)28-11-10-27-19)25-21(26)13-24-15(3)16-4-7-18(23)8-5-16/h4-9,12,14-15,22,24H,10-11,13H2,1-3H3,(H,25,26)/t15-,22-/m0/s1. The Morgan fingerprint density at radius 1 is 1.00 bits per heavy atom. The fourth-order valence-electron chi connectivity index (χ4n) is 3.23. The first kappa shape index (κ1) is 20.5. The van der Waals surface area contributed by atoms with Gasteiger partial charge in [-0.15, -0.1) is 0 Å². The van der Waals surface area contributed by atoms with Gasteiger partial charge in [-0.05, 0) is 48.2 Å². The van der Waals surface area contributed by atoms with E-state index in [2.05, 4.69) is 24.5 Å². The normalized spacial score (nSPS) is 15.2. The largest absolute Gasteiger partial charge is 0.486 e. The van der Waals surface area contributed by atoms with E-state index in [1.807, 2.05) is 49.4 Å². The van der Waals surface area contributed by atoms with Gasteiger partial charge in [-0.1, -0.05) is 43.6 Å². The number of halogens is 1. The minimum absolute atomic E-state index is 0.0468. The number of hydrogen-bond acceptors (Lipinski definition) is 4. The summed E-state index contributed by atoms with van der Waals surface area (Å²) in [5.41, 5.74) is 2.10. The number of benzene rings is 2. The average Bonchev–Trinajstić information content (AvgIpc) is 2.70. The van der Waals surface area contributed by atoms with Crippen LogP contribution in [0, 0.1) is 5.92 Å². The molecule has 150 valence electrons. The van der Waals surface area contributed by atoms with Crippen LogP contribution in [0.25, 0.3) is 0 Å². The molecule has 1 aliphatic rings. The molecule has 1 amide bonds. The van der Waals surface area contributed by atoms with Gasteiger partial charge in [0.1, 0.15) is 13.2 Å². The lowest BCUT2D eigenvalue weighted by Gasteiger charge is -2.26. The molecule has 5 nitrogen and oxygen atoms in total. The van der Waals surface area contributed by atoms with Crippen LogP contribution in [0.5, 0.6) is 11.5 Å². The van der Waals surface area contributed by atoms with E-state index in [9.17, 15) is 4.79 Å². The van der Waals surface area contributed by atoms with Gasteiger partial charge in [-0.3, -0.25) is 4.79 Å². The maximum atomic E-state index is 12.6. The van der Waals surface area contributed by atoms with Crippen molar-refractivity contribution in [3.63, 3.8) is 0 Å². The van der Waals surface area contributed by atoms with E-state index < -0.39 is 0 Å². The van der Waals surface area contributed by atoms with Crippen molar-refractivity contribution in [1.82, 2.24) is 10.6 Å². The first-order valence-electron chi connectivity index (χ1n) is 9.62. The van der Waals surface area contributed by atoms with Gasteiger partial charge >= 0.3 is 0 Å². The van der Waals surface area contributed by atoms with E-state index in [0.717, 1.165) is 22.6 Å². The van der Waals surface area contributed by atoms with Gasteiger partial charge < -0.3 is 20.1 Å². The summed E-state index contributed by atoms with van der Waals surface area (Å²) in [6.45, 7) is 7.54. The molecule has 0 radical (unpaired) electrons. The van der Waals surface area contributed by atoms with E-state index >= 15 is 0 Å². The Bertz CT molecular complexity index is 808. The third kappa shape index (κ3) is 5.18. The highest BCUT2D eigenvalue weighted by atomic mass is 35.5. The molecule has 0 bridgehead atoms. The molecular formula is C22H27ClN2O3. The number of carbonyl (C=O) groups excluding carboxylic acids is 1. The summed E-state index contributed by atoms with van der Waals surface area (Å²) in [7, 11) is 0. The number of hydrogen-bond donors (Lipinski definition) is 2. The third-order valence-corrected chi connectivity index (χ3v) is 5.10. The summed E-state index contributed by atoms with van der Waals surface area (Å²) in [4.78, 5) is 12.6. The summed E-state index contributed by atoms with van der Waals surface area (Å²) in [5, 5.41) is 7.10. The second-order valence-corrected chi connectivity index (χ2v) is 7.78. The fraction of sp³-hybridized carbons (Fsp3) is 0.409. The maximum Gasteiger partial charge on any atom is 0.234 e. The number of rotatable bonds is 7. The number of fused-ring (bicyclic) bond motifs is 1. The first-order chi connectivity index (χ1) is 13.4. The molecule has 1 heterocycles. The summed E-state index contributed by atoms with van der Waals surface area (Å²) in [6.07, 6.45) is 0. The molecule has 0 aliphatic carbocycles. The van der Waals surface area contributed by atoms with Crippen LogP contribution >= 0.6 is 11.6 Å². The van der Waals surface area contributed by atoms with Gasteiger partial charge in [0.2, 0.25) is 5.91 Å². The highest BCUT2D eigenvalue weighted by Crippen LogP contribution is 2.34. The first-order valence-corrected chi connectivity index (χ1v) is 9.99. The van der Waals surface area contributed by atoms with Crippen molar-refractivity contribution >= 4 is 17.5 Å². The highest BCUT2D eigenvalue weighted by Gasteiger charge is 2.21. The maximum absolute atomic E-state index is 12.6. The van der Waals surface area contributed by atoms with Crippen molar-refractivity contribution in [2.45, 2.75) is 32.9 Å². The molecule has 28 heavy (non-hydrogen) atoms. The fourth-order valence-corrected chi connectivity index (χ4v) is 3.35. The lowest BCUT2D eigenvalue weighted by Crippen LogP contribution is -2.38. The molecule has 0 saturated heterocycles. The highest BCUT2D eigenvalue weighted by molar-refractivity contribution is 6.30. The zero-order valence-electron chi connectivity index (χ0n) is 16.5. The summed E-state index contributed by atoms with van der Waals surface area (Å²) < 4.78 is 11.3. The summed E-state index contributed by atoms with van der Waals surface area (Å²) >= 11 is 5.93. The van der Waals surface area contributed by atoms with Gasteiger partial charge in [0, 0.05) is 11.1 Å². The smallest absolute Gasteiger partial charge is 0.234 e. The molecule has 6 heteroatoms. The topological polar surface area (TPSA) is 59.6 Å². The van der Waals surface area contributed by atoms with Crippen LogP contribution in [0.2, 0.25) is 5.02 Å². The molecule has 3 rings (SSSR count). The van der Waals surface area contributed by atoms with Crippen LogP contribution in [0.15, 0.2) is 42.5 Å². The van der Waals surface area contributed by atoms with E-state index in [0.29, 0.717) is 18.2 Å². The zero-order chi connectivity index (χ0) is 20.1. The Kier molecular flexibility index (Phi) is 6.81. The van der Waals surface area contributed by atoms with Crippen molar-refractivity contribution in [2.24, 2.45) is 5.92 Å². The molecule has 2 atom stereocenters. The van der Waals surface area contributed by atoms with Crippen LogP contribution in [-0.4, -0.2) is 25.7 Å². The van der Waals surface area contributed by atoms with Gasteiger partial charge in [-0.25, -0.2) is 0 Å². The molecule has 0 fully saturated rings. The Balaban J connectivity index is 1.60. The van der Waals surface area contributed by atoms with Gasteiger partial charge in [-0.2, -0.15) is 0 Å². The number of ether oxygens (including phenoxy) is 2. The second kappa shape index (κ2) is 9.30. The predicted molar refractivity (Wildman–Crippen MR) is 111 cm³/mol. The van der Waals surface area contributed by atoms with Gasteiger partial charge in [0.25, 0.3) is 0 Å². The second-order valence-electron chi connectivity index (χ2n) is 7.35. The molecule has 0 spiro atoms. The predicted octanol–water partition coefficient (Wildman–Crippen LogP) is 4.28. The molecule has 0 saturated carbocycles. The lowest BCUT2D eigenvalue weighted by molar-refractivity contribution is -0.121. The van der Waals surface area contributed by atoms with Gasteiger partial charge in [0.15, 0.2) is 11.5 Å². The van der Waals surface area contributed by atoms with Crippen LogP contribution < -0.4 is 20.1 Å². The van der Waals surface area contributed by atoms with Crippen molar-refractivity contribution in [1.29, 1.82) is 0 Å². The van der Waals surface area contributed by atoms with Crippen LogP contribution in [0.3, 0.4) is 0 Å². The lowest BCUT2D eigenvalue weighted by atomic mass is 9.95. The molecule has 1 aliphatic heterocycles. The van der Waals surface area contributed by atoms with Crippen molar-refractivity contribution in [2.75, 3.05) is 19.8 Å². The minimum Gasteiger partial charge on any atom is -0.486 e. The average molecular weight is 403 g/mol. The molecule has 2 N–H and O–H groups in total. The Labute approximate surface area is 171 Å². The summed E-state index contributed by atoms with van der Waals surface area (Å²) in [6, 6.07) is 13.4. The monoisotopic (exact) mass is 402 g/mol. The van der Waals surface area contributed by atoms with Crippen LogP contribution in [0.4, 0.5) is 0 Å². The quantitative estimate of drug-likeness (QED) is 0.725. The van der Waals surface area contributed by atoms with Crippen molar-refractivity contribution in [3.05, 3.63) is 58.6 Å². The van der Waals surface area contributed by atoms with Crippen molar-refractivity contribution < 1.29 is 14.3 Å². The van der Waals surface area contributed by atoms with Gasteiger partial charge in [0.05, 0.1) is 12.6 Å². The minimum atomic E-state index is -0.101. The Hall–Kier alpha value is -2.24. The van der Waals surface area contributed by atoms with E-state index in [4.69, 9.17) is 21.1 Å². The number of amides is 1. The molecule has 2 aromatic carbocycles. The molecular weight excluding hydrogens is 376 g/mol. The van der Waals surface area contributed by atoms with E-state index in [-0.39, 0.29) is 30.5 Å². The van der Waals surface area contributed by atoms with E-state index in [1.54, 1.807) is 0 Å². The zero-order valence-corrected chi connectivity index (χ0v) is 17.3. The Morgan fingerprint density at radius 2 is 1.64 bits per heavy atom. The number of nitrogens with one attached hydrogen (secondary N) is 2. The SMILES string of the molecule is CC(C)[C@H](NC(=O)CN[C@@H](C)c1ccc(Cl)cc1)c1ccc2c(c1)OCCO2.